The van der Waals surface area contributed by atoms with Crippen molar-refractivity contribution in [3.8, 4) is 0 Å². The van der Waals surface area contributed by atoms with Crippen LogP contribution in [-0.2, 0) is 16.4 Å². The lowest BCUT2D eigenvalue weighted by Gasteiger charge is -2.07. The van der Waals surface area contributed by atoms with Gasteiger partial charge in [0.15, 0.2) is 0 Å². The van der Waals surface area contributed by atoms with Gasteiger partial charge in [-0.2, -0.15) is 0 Å². The molecule has 0 fully saturated rings. The molecule has 0 radical (unpaired) electrons. The maximum absolute atomic E-state index is 11.3. The summed E-state index contributed by atoms with van der Waals surface area (Å²) in [6.07, 6.45) is 0.756. The van der Waals surface area contributed by atoms with Crippen LogP contribution in [0.15, 0.2) is 71.6 Å². The monoisotopic (exact) mass is 297 g/mol. The van der Waals surface area contributed by atoms with Gasteiger partial charge in [0.2, 0.25) is 10.0 Å². The zero-order valence-corrected chi connectivity index (χ0v) is 12.2. The number of rotatable bonds is 3. The molecule has 0 aliphatic heterocycles. The summed E-state index contributed by atoms with van der Waals surface area (Å²) >= 11 is 0. The van der Waals surface area contributed by atoms with Crippen LogP contribution in [-0.4, -0.2) is 8.42 Å². The number of hydrogen-bond donors (Lipinski definition) is 1. The van der Waals surface area contributed by atoms with Gasteiger partial charge in [-0.25, -0.2) is 13.6 Å². The lowest BCUT2D eigenvalue weighted by atomic mass is 9.99. The van der Waals surface area contributed by atoms with E-state index in [1.807, 2.05) is 30.3 Å². The molecule has 0 unspecified atom stereocenters. The van der Waals surface area contributed by atoms with Crippen molar-refractivity contribution < 1.29 is 8.42 Å². The molecule has 0 amide bonds. The minimum absolute atomic E-state index is 0.143. The van der Waals surface area contributed by atoms with Gasteiger partial charge in [0.1, 0.15) is 0 Å². The molecule has 0 aromatic heterocycles. The van der Waals surface area contributed by atoms with Crippen LogP contribution >= 0.6 is 0 Å². The third-order valence-electron chi connectivity index (χ3n) is 3.53. The number of primary sulfonamides is 1. The van der Waals surface area contributed by atoms with Crippen LogP contribution < -0.4 is 5.14 Å². The Morgan fingerprint density at radius 2 is 1.48 bits per heavy atom. The van der Waals surface area contributed by atoms with Crippen LogP contribution in [0.3, 0.4) is 0 Å². The van der Waals surface area contributed by atoms with Gasteiger partial charge in [0.05, 0.1) is 4.90 Å². The average Bonchev–Trinajstić information content (AvgIpc) is 2.47. The lowest BCUT2D eigenvalue weighted by molar-refractivity contribution is 0.598. The highest BCUT2D eigenvalue weighted by Gasteiger charge is 2.07. The highest BCUT2D eigenvalue weighted by Crippen LogP contribution is 2.21. The molecule has 0 saturated carbocycles. The molecule has 0 heterocycles. The van der Waals surface area contributed by atoms with Gasteiger partial charge >= 0.3 is 0 Å². The molecule has 0 atom stereocenters. The zero-order chi connectivity index (χ0) is 14.9. The molecule has 3 aromatic carbocycles. The summed E-state index contributed by atoms with van der Waals surface area (Å²) in [5.41, 5.74) is 2.27. The number of fused-ring (bicyclic) bond motifs is 1. The first kappa shape index (κ1) is 13.8. The highest BCUT2D eigenvalue weighted by molar-refractivity contribution is 7.89. The van der Waals surface area contributed by atoms with Crippen LogP contribution in [0.25, 0.3) is 10.8 Å². The number of sulfonamides is 1. The first-order valence-corrected chi connectivity index (χ1v) is 8.17. The van der Waals surface area contributed by atoms with Gasteiger partial charge in [-0.15, -0.1) is 0 Å². The topological polar surface area (TPSA) is 60.2 Å². The van der Waals surface area contributed by atoms with Crippen molar-refractivity contribution >= 4 is 20.8 Å². The Balaban J connectivity index is 1.96. The Labute approximate surface area is 124 Å². The van der Waals surface area contributed by atoms with Crippen molar-refractivity contribution in [2.45, 2.75) is 11.3 Å². The van der Waals surface area contributed by atoms with Crippen molar-refractivity contribution in [1.29, 1.82) is 0 Å². The van der Waals surface area contributed by atoms with E-state index in [0.29, 0.717) is 0 Å². The third-order valence-corrected chi connectivity index (χ3v) is 4.46. The fourth-order valence-electron chi connectivity index (χ4n) is 2.46. The first-order valence-electron chi connectivity index (χ1n) is 6.62. The smallest absolute Gasteiger partial charge is 0.225 e. The van der Waals surface area contributed by atoms with Gasteiger partial charge in [-0.05, 0) is 40.5 Å². The van der Waals surface area contributed by atoms with Crippen LogP contribution in [0.2, 0.25) is 0 Å². The Morgan fingerprint density at radius 3 is 2.19 bits per heavy atom. The lowest BCUT2D eigenvalue weighted by Crippen LogP contribution is -2.11. The number of nitrogens with two attached hydrogens (primary N) is 1. The molecule has 0 aliphatic carbocycles. The van der Waals surface area contributed by atoms with Crippen molar-refractivity contribution in [3.63, 3.8) is 0 Å². The van der Waals surface area contributed by atoms with Crippen molar-refractivity contribution in [1.82, 2.24) is 0 Å². The highest BCUT2D eigenvalue weighted by atomic mass is 32.2. The van der Waals surface area contributed by atoms with Crippen molar-refractivity contribution in [2.24, 2.45) is 5.14 Å². The standard InChI is InChI=1S/C17H15NO2S/c18-21(19,20)16-10-8-13(9-11-16)12-15-6-3-5-14-4-1-2-7-17(14)15/h1-11H,12H2,(H2,18,19,20). The predicted octanol–water partition coefficient (Wildman–Crippen LogP) is 3.08. The number of hydrogen-bond acceptors (Lipinski definition) is 2. The number of benzene rings is 3. The van der Waals surface area contributed by atoms with E-state index in [2.05, 4.69) is 24.3 Å². The largest absolute Gasteiger partial charge is 0.238 e. The molecule has 0 saturated heterocycles. The van der Waals surface area contributed by atoms with E-state index in [0.717, 1.165) is 12.0 Å². The third kappa shape index (κ3) is 2.96. The molecular weight excluding hydrogens is 282 g/mol. The molecule has 3 aromatic rings. The van der Waals surface area contributed by atoms with Gasteiger partial charge < -0.3 is 0 Å². The molecule has 3 rings (SSSR count). The first-order chi connectivity index (χ1) is 10.0. The Hall–Kier alpha value is -2.17. The van der Waals surface area contributed by atoms with Gasteiger partial charge in [-0.3, -0.25) is 0 Å². The molecule has 21 heavy (non-hydrogen) atoms. The van der Waals surface area contributed by atoms with Crippen LogP contribution in [0.1, 0.15) is 11.1 Å². The van der Waals surface area contributed by atoms with E-state index in [4.69, 9.17) is 5.14 Å². The van der Waals surface area contributed by atoms with E-state index in [9.17, 15) is 8.42 Å². The molecule has 4 heteroatoms. The summed E-state index contributed by atoms with van der Waals surface area (Å²) in [4.78, 5) is 0.143. The fourth-order valence-corrected chi connectivity index (χ4v) is 2.98. The Bertz CT molecular complexity index is 879. The molecule has 3 nitrogen and oxygen atoms in total. The summed E-state index contributed by atoms with van der Waals surface area (Å²) in [6, 6.07) is 21.2. The Kier molecular flexibility index (Phi) is 3.49. The summed E-state index contributed by atoms with van der Waals surface area (Å²) in [7, 11) is -3.63. The van der Waals surface area contributed by atoms with Crippen LogP contribution in [0.4, 0.5) is 0 Å². The molecule has 2 N–H and O–H groups in total. The van der Waals surface area contributed by atoms with E-state index in [1.54, 1.807) is 12.1 Å². The summed E-state index contributed by atoms with van der Waals surface area (Å²) in [5.74, 6) is 0. The van der Waals surface area contributed by atoms with Crippen LogP contribution in [0.5, 0.6) is 0 Å². The summed E-state index contributed by atoms with van der Waals surface area (Å²) in [5, 5.41) is 7.53. The van der Waals surface area contributed by atoms with Gasteiger partial charge in [-0.1, -0.05) is 54.6 Å². The summed E-state index contributed by atoms with van der Waals surface area (Å²) < 4.78 is 22.5. The van der Waals surface area contributed by atoms with Crippen molar-refractivity contribution in [3.05, 3.63) is 77.9 Å². The second-order valence-corrected chi connectivity index (χ2v) is 6.57. The van der Waals surface area contributed by atoms with E-state index < -0.39 is 10.0 Å². The second-order valence-electron chi connectivity index (χ2n) is 5.00. The minimum Gasteiger partial charge on any atom is -0.225 e. The Morgan fingerprint density at radius 1 is 0.810 bits per heavy atom. The van der Waals surface area contributed by atoms with Crippen molar-refractivity contribution in [2.75, 3.05) is 0 Å². The maximum Gasteiger partial charge on any atom is 0.238 e. The SMILES string of the molecule is NS(=O)(=O)c1ccc(Cc2cccc3ccccc23)cc1. The molecule has 0 aliphatic rings. The predicted molar refractivity (Wildman–Crippen MR) is 84.6 cm³/mol. The van der Waals surface area contributed by atoms with Crippen LogP contribution in [0, 0.1) is 0 Å². The average molecular weight is 297 g/mol. The zero-order valence-electron chi connectivity index (χ0n) is 11.4. The van der Waals surface area contributed by atoms with Gasteiger partial charge in [0.25, 0.3) is 0 Å². The molecule has 0 spiro atoms. The molecule has 0 bridgehead atoms. The summed E-state index contributed by atoms with van der Waals surface area (Å²) in [6.45, 7) is 0. The molecule has 106 valence electrons. The minimum atomic E-state index is -3.63. The fraction of sp³-hybridized carbons (Fsp3) is 0.0588. The molecular formula is C17H15NO2S. The van der Waals surface area contributed by atoms with E-state index in [-0.39, 0.29) is 4.90 Å². The quantitative estimate of drug-likeness (QED) is 0.807. The van der Waals surface area contributed by atoms with E-state index >= 15 is 0 Å². The van der Waals surface area contributed by atoms with Gasteiger partial charge in [0, 0.05) is 0 Å². The van der Waals surface area contributed by atoms with E-state index in [1.165, 1.54) is 16.3 Å². The second kappa shape index (κ2) is 5.31. The maximum atomic E-state index is 11.3. The normalized spacial score (nSPS) is 11.7.